The van der Waals surface area contributed by atoms with Gasteiger partial charge in [-0.05, 0) is 25.0 Å². The molecule has 2 nitrogen and oxygen atoms in total. The van der Waals surface area contributed by atoms with E-state index >= 15 is 0 Å². The molecular weight excluding hydrogens is 264 g/mol. The van der Waals surface area contributed by atoms with Crippen LogP contribution in [0.3, 0.4) is 0 Å². The van der Waals surface area contributed by atoms with Crippen LogP contribution >= 0.6 is 22.9 Å². The lowest BCUT2D eigenvalue weighted by molar-refractivity contribution is 0.117. The van der Waals surface area contributed by atoms with Gasteiger partial charge in [0.25, 0.3) is 0 Å². The van der Waals surface area contributed by atoms with Gasteiger partial charge in [-0.15, -0.1) is 11.3 Å². The Bertz CT molecular complexity index is 366. The smallest absolute Gasteiger partial charge is 0.0931 e. The summed E-state index contributed by atoms with van der Waals surface area (Å²) in [6.45, 7) is 7.89. The number of halogens is 1. The topological polar surface area (TPSA) is 15.3 Å². The standard InChI is InChI=1S/C14H23ClN2S/c1-3-5-11-9-17(12(4-2)8-16-11)10-13-6-7-14(15)18-13/h6-7,11-12,16H,3-5,8-10H2,1-2H3. The fourth-order valence-corrected chi connectivity index (χ4v) is 3.82. The van der Waals surface area contributed by atoms with E-state index < -0.39 is 0 Å². The highest BCUT2D eigenvalue weighted by molar-refractivity contribution is 7.16. The Morgan fingerprint density at radius 3 is 2.89 bits per heavy atom. The van der Waals surface area contributed by atoms with E-state index in [0.29, 0.717) is 12.1 Å². The number of piperazine rings is 1. The van der Waals surface area contributed by atoms with Gasteiger partial charge in [-0.2, -0.15) is 0 Å². The summed E-state index contributed by atoms with van der Waals surface area (Å²) in [6.07, 6.45) is 3.75. The van der Waals surface area contributed by atoms with Crippen LogP contribution in [0.25, 0.3) is 0 Å². The molecule has 0 aliphatic carbocycles. The van der Waals surface area contributed by atoms with Crippen molar-refractivity contribution < 1.29 is 0 Å². The first-order valence-corrected chi connectivity index (χ1v) is 8.14. The van der Waals surface area contributed by atoms with Gasteiger partial charge in [0, 0.05) is 36.6 Å². The SMILES string of the molecule is CCCC1CN(Cc2ccc(Cl)s2)C(CC)CN1. The molecular formula is C14H23ClN2S. The van der Waals surface area contributed by atoms with E-state index in [1.807, 2.05) is 6.07 Å². The normalized spacial score (nSPS) is 25.5. The largest absolute Gasteiger partial charge is 0.311 e. The molecule has 0 spiro atoms. The zero-order valence-electron chi connectivity index (χ0n) is 11.3. The van der Waals surface area contributed by atoms with Crippen molar-refractivity contribution >= 4 is 22.9 Å². The summed E-state index contributed by atoms with van der Waals surface area (Å²) in [7, 11) is 0. The first kappa shape index (κ1) is 14.3. The predicted octanol–water partition coefficient (Wildman–Crippen LogP) is 3.75. The minimum absolute atomic E-state index is 0.660. The highest BCUT2D eigenvalue weighted by Crippen LogP contribution is 2.25. The van der Waals surface area contributed by atoms with Gasteiger partial charge in [-0.3, -0.25) is 4.90 Å². The van der Waals surface area contributed by atoms with E-state index in [0.717, 1.165) is 17.4 Å². The molecule has 0 bridgehead atoms. The Kier molecular flexibility index (Phi) is 5.49. The second-order valence-electron chi connectivity index (χ2n) is 5.09. The van der Waals surface area contributed by atoms with Crippen LogP contribution in [-0.4, -0.2) is 30.1 Å². The van der Waals surface area contributed by atoms with Crippen molar-refractivity contribution in [3.8, 4) is 0 Å². The van der Waals surface area contributed by atoms with Crippen molar-refractivity contribution in [3.63, 3.8) is 0 Å². The molecule has 0 radical (unpaired) electrons. The minimum Gasteiger partial charge on any atom is -0.311 e. The Labute approximate surface area is 119 Å². The van der Waals surface area contributed by atoms with Crippen LogP contribution in [0.5, 0.6) is 0 Å². The number of hydrogen-bond donors (Lipinski definition) is 1. The van der Waals surface area contributed by atoms with E-state index in [9.17, 15) is 0 Å². The summed E-state index contributed by atoms with van der Waals surface area (Å²) < 4.78 is 0.901. The Hall–Kier alpha value is -0.0900. The van der Waals surface area contributed by atoms with Gasteiger partial charge >= 0.3 is 0 Å². The van der Waals surface area contributed by atoms with Crippen molar-refractivity contribution in [2.45, 2.75) is 51.7 Å². The molecule has 1 saturated heterocycles. The number of thiophene rings is 1. The average Bonchev–Trinajstić information content (AvgIpc) is 2.76. The number of hydrogen-bond acceptors (Lipinski definition) is 3. The molecule has 4 heteroatoms. The van der Waals surface area contributed by atoms with Crippen molar-refractivity contribution in [2.24, 2.45) is 0 Å². The summed E-state index contributed by atoms with van der Waals surface area (Å²) in [5.41, 5.74) is 0. The van der Waals surface area contributed by atoms with E-state index in [-0.39, 0.29) is 0 Å². The third-order valence-electron chi connectivity index (χ3n) is 3.71. The Morgan fingerprint density at radius 1 is 1.44 bits per heavy atom. The number of rotatable bonds is 5. The number of nitrogens with zero attached hydrogens (tertiary/aromatic N) is 1. The van der Waals surface area contributed by atoms with Crippen LogP contribution in [0.2, 0.25) is 4.34 Å². The first-order valence-electron chi connectivity index (χ1n) is 6.94. The second-order valence-corrected chi connectivity index (χ2v) is 6.89. The van der Waals surface area contributed by atoms with Crippen LogP contribution in [-0.2, 0) is 6.54 Å². The zero-order valence-corrected chi connectivity index (χ0v) is 12.9. The molecule has 18 heavy (non-hydrogen) atoms. The molecule has 2 rings (SSSR count). The van der Waals surface area contributed by atoms with Gasteiger partial charge in [0.05, 0.1) is 4.34 Å². The lowest BCUT2D eigenvalue weighted by atomic mass is 10.0. The molecule has 102 valence electrons. The average molecular weight is 287 g/mol. The van der Waals surface area contributed by atoms with Crippen LogP contribution in [0.15, 0.2) is 12.1 Å². The molecule has 1 aromatic heterocycles. The van der Waals surface area contributed by atoms with E-state index in [1.54, 1.807) is 11.3 Å². The van der Waals surface area contributed by atoms with Gasteiger partial charge in [0.15, 0.2) is 0 Å². The molecule has 2 heterocycles. The molecule has 1 aliphatic heterocycles. The molecule has 0 aromatic carbocycles. The summed E-state index contributed by atoms with van der Waals surface area (Å²) in [5.74, 6) is 0. The van der Waals surface area contributed by atoms with Crippen LogP contribution in [0.4, 0.5) is 0 Å². The molecule has 2 atom stereocenters. The van der Waals surface area contributed by atoms with Gasteiger partial charge in [-0.1, -0.05) is 31.9 Å². The minimum atomic E-state index is 0.660. The van der Waals surface area contributed by atoms with E-state index in [2.05, 4.69) is 30.1 Å². The van der Waals surface area contributed by atoms with Gasteiger partial charge in [-0.25, -0.2) is 0 Å². The predicted molar refractivity (Wildman–Crippen MR) is 80.5 cm³/mol. The summed E-state index contributed by atoms with van der Waals surface area (Å²) in [4.78, 5) is 4.01. The highest BCUT2D eigenvalue weighted by Gasteiger charge is 2.26. The molecule has 0 saturated carbocycles. The summed E-state index contributed by atoms with van der Waals surface area (Å²) in [6, 6.07) is 5.50. The maximum Gasteiger partial charge on any atom is 0.0931 e. The molecule has 1 fully saturated rings. The van der Waals surface area contributed by atoms with Gasteiger partial charge < -0.3 is 5.32 Å². The van der Waals surface area contributed by atoms with Crippen LogP contribution < -0.4 is 5.32 Å². The zero-order chi connectivity index (χ0) is 13.0. The van der Waals surface area contributed by atoms with Crippen molar-refractivity contribution in [2.75, 3.05) is 13.1 Å². The molecule has 2 unspecified atom stereocenters. The Balaban J connectivity index is 1.97. The third-order valence-corrected chi connectivity index (χ3v) is 4.93. The van der Waals surface area contributed by atoms with Crippen molar-refractivity contribution in [1.82, 2.24) is 10.2 Å². The van der Waals surface area contributed by atoms with E-state index in [4.69, 9.17) is 11.6 Å². The monoisotopic (exact) mass is 286 g/mol. The Morgan fingerprint density at radius 2 is 2.28 bits per heavy atom. The summed E-state index contributed by atoms with van der Waals surface area (Å²) in [5, 5.41) is 3.68. The molecule has 1 N–H and O–H groups in total. The maximum atomic E-state index is 6.01. The van der Waals surface area contributed by atoms with Crippen molar-refractivity contribution in [1.29, 1.82) is 0 Å². The van der Waals surface area contributed by atoms with Crippen LogP contribution in [0.1, 0.15) is 38.0 Å². The fourth-order valence-electron chi connectivity index (χ4n) is 2.70. The highest BCUT2D eigenvalue weighted by atomic mass is 35.5. The maximum absolute atomic E-state index is 6.01. The number of nitrogens with one attached hydrogen (secondary N) is 1. The molecule has 0 amide bonds. The van der Waals surface area contributed by atoms with Gasteiger partial charge in [0.2, 0.25) is 0 Å². The lowest BCUT2D eigenvalue weighted by Gasteiger charge is -2.40. The lowest BCUT2D eigenvalue weighted by Crippen LogP contribution is -2.55. The molecule has 1 aliphatic rings. The van der Waals surface area contributed by atoms with Crippen molar-refractivity contribution in [3.05, 3.63) is 21.3 Å². The van der Waals surface area contributed by atoms with E-state index in [1.165, 1.54) is 30.7 Å². The van der Waals surface area contributed by atoms with Crippen LogP contribution in [0, 0.1) is 0 Å². The second kappa shape index (κ2) is 6.90. The molecule has 1 aromatic rings. The summed E-state index contributed by atoms with van der Waals surface area (Å²) >= 11 is 7.73. The fraction of sp³-hybridized carbons (Fsp3) is 0.714. The quantitative estimate of drug-likeness (QED) is 0.887. The third kappa shape index (κ3) is 3.70. The first-order chi connectivity index (χ1) is 8.72. The van der Waals surface area contributed by atoms with Gasteiger partial charge in [0.1, 0.15) is 0 Å².